The van der Waals surface area contributed by atoms with Gasteiger partial charge in [-0.1, -0.05) is 41.9 Å². The molecule has 6 heteroatoms. The molecule has 0 aliphatic heterocycles. The van der Waals surface area contributed by atoms with E-state index >= 15 is 0 Å². The van der Waals surface area contributed by atoms with E-state index < -0.39 is 0 Å². The normalized spacial score (nSPS) is 11.2. The summed E-state index contributed by atoms with van der Waals surface area (Å²) in [6, 6.07) is 14.2. The standard InChI is InChI=1S/C23H31ClN2O3/c1-5-28-20-14-18(15-25-12-11-17-9-7-6-8-10-17)13-19(24)22(20)29-16-21(27)26-23(2,3)4/h6-10,13-14,25H,5,11-12,15-16H2,1-4H3,(H,26,27)/p+1. The third-order valence-electron chi connectivity index (χ3n) is 4.09. The van der Waals surface area contributed by atoms with Crippen molar-refractivity contribution in [3.8, 4) is 11.5 Å². The van der Waals surface area contributed by atoms with E-state index in [0.29, 0.717) is 23.1 Å². The lowest BCUT2D eigenvalue weighted by Crippen LogP contribution is -2.83. The highest BCUT2D eigenvalue weighted by Gasteiger charge is 2.17. The van der Waals surface area contributed by atoms with Gasteiger partial charge in [0.2, 0.25) is 0 Å². The Morgan fingerprint density at radius 2 is 1.83 bits per heavy atom. The Morgan fingerprint density at radius 1 is 1.10 bits per heavy atom. The number of carbonyl (C=O) groups is 1. The van der Waals surface area contributed by atoms with Crippen molar-refractivity contribution in [2.45, 2.75) is 46.2 Å². The van der Waals surface area contributed by atoms with Crippen molar-refractivity contribution in [3.05, 3.63) is 58.6 Å². The SMILES string of the molecule is CCOc1cc(C[NH2+]CCc2ccccc2)cc(Cl)c1OCC(=O)NC(C)(C)C. The first kappa shape index (κ1) is 23.0. The van der Waals surface area contributed by atoms with Gasteiger partial charge in [0.05, 0.1) is 18.2 Å². The Hall–Kier alpha value is -2.24. The van der Waals surface area contributed by atoms with Gasteiger partial charge in [-0.05, 0) is 45.4 Å². The van der Waals surface area contributed by atoms with Gasteiger partial charge in [0.25, 0.3) is 5.91 Å². The Balaban J connectivity index is 1.96. The number of rotatable bonds is 10. The molecular formula is C23H32ClN2O3+. The fraction of sp³-hybridized carbons (Fsp3) is 0.435. The summed E-state index contributed by atoms with van der Waals surface area (Å²) in [5, 5.41) is 5.56. The molecule has 3 N–H and O–H groups in total. The van der Waals surface area contributed by atoms with Crippen LogP contribution in [0.5, 0.6) is 11.5 Å². The van der Waals surface area contributed by atoms with Gasteiger partial charge in [-0.2, -0.15) is 0 Å². The molecule has 0 aliphatic carbocycles. The Bertz CT molecular complexity index is 789. The molecule has 0 saturated carbocycles. The van der Waals surface area contributed by atoms with Crippen LogP contribution in [-0.2, 0) is 17.8 Å². The average Bonchev–Trinajstić information content (AvgIpc) is 2.64. The smallest absolute Gasteiger partial charge is 0.258 e. The second-order valence-electron chi connectivity index (χ2n) is 7.94. The Labute approximate surface area is 178 Å². The monoisotopic (exact) mass is 419 g/mol. The molecular weight excluding hydrogens is 388 g/mol. The van der Waals surface area contributed by atoms with Gasteiger partial charge in [0.1, 0.15) is 6.54 Å². The molecule has 0 radical (unpaired) electrons. The van der Waals surface area contributed by atoms with E-state index in [0.717, 1.165) is 25.1 Å². The molecule has 0 atom stereocenters. The molecule has 2 aromatic carbocycles. The summed E-state index contributed by atoms with van der Waals surface area (Å²) >= 11 is 6.44. The minimum absolute atomic E-state index is 0.111. The van der Waals surface area contributed by atoms with Crippen molar-refractivity contribution in [1.82, 2.24) is 5.32 Å². The molecule has 0 unspecified atom stereocenters. The summed E-state index contributed by atoms with van der Waals surface area (Å²) in [6.07, 6.45) is 1.01. The number of amides is 1. The molecule has 0 aromatic heterocycles. The van der Waals surface area contributed by atoms with Crippen molar-refractivity contribution in [3.63, 3.8) is 0 Å². The summed E-state index contributed by atoms with van der Waals surface area (Å²) in [5.74, 6) is 0.773. The van der Waals surface area contributed by atoms with E-state index in [1.54, 1.807) is 0 Å². The number of hydrogen-bond acceptors (Lipinski definition) is 3. The zero-order valence-corrected chi connectivity index (χ0v) is 18.5. The van der Waals surface area contributed by atoms with Crippen molar-refractivity contribution < 1.29 is 19.6 Å². The number of hydrogen-bond donors (Lipinski definition) is 2. The van der Waals surface area contributed by atoms with Gasteiger partial charge in [0, 0.05) is 17.5 Å². The summed E-state index contributed by atoms with van der Waals surface area (Å²) in [4.78, 5) is 12.0. The molecule has 0 fully saturated rings. The lowest BCUT2D eigenvalue weighted by Gasteiger charge is -2.21. The maximum atomic E-state index is 12.0. The van der Waals surface area contributed by atoms with Gasteiger partial charge in [0.15, 0.2) is 18.1 Å². The highest BCUT2D eigenvalue weighted by Crippen LogP contribution is 2.36. The number of nitrogens with one attached hydrogen (secondary N) is 1. The van der Waals surface area contributed by atoms with E-state index in [1.165, 1.54) is 5.56 Å². The van der Waals surface area contributed by atoms with E-state index in [2.05, 4.69) is 34.9 Å². The summed E-state index contributed by atoms with van der Waals surface area (Å²) < 4.78 is 11.4. The van der Waals surface area contributed by atoms with Crippen molar-refractivity contribution in [2.24, 2.45) is 0 Å². The van der Waals surface area contributed by atoms with Crippen LogP contribution in [0.3, 0.4) is 0 Å². The lowest BCUT2D eigenvalue weighted by atomic mass is 10.1. The quantitative estimate of drug-likeness (QED) is 0.580. The molecule has 0 saturated heterocycles. The van der Waals surface area contributed by atoms with E-state index in [4.69, 9.17) is 21.1 Å². The number of halogens is 1. The Kier molecular flexibility index (Phi) is 8.80. The van der Waals surface area contributed by atoms with Crippen LogP contribution in [0.2, 0.25) is 5.02 Å². The van der Waals surface area contributed by atoms with Crippen LogP contribution >= 0.6 is 11.6 Å². The van der Waals surface area contributed by atoms with Crippen LogP contribution in [0, 0.1) is 0 Å². The second-order valence-corrected chi connectivity index (χ2v) is 8.35. The summed E-state index contributed by atoms with van der Waals surface area (Å²) in [5.41, 5.74) is 2.07. The fourth-order valence-corrected chi connectivity index (χ4v) is 3.20. The maximum Gasteiger partial charge on any atom is 0.258 e. The molecule has 0 spiro atoms. The molecule has 0 heterocycles. The number of benzene rings is 2. The van der Waals surface area contributed by atoms with Crippen LogP contribution in [0.15, 0.2) is 42.5 Å². The first-order chi connectivity index (χ1) is 13.8. The highest BCUT2D eigenvalue weighted by atomic mass is 35.5. The van der Waals surface area contributed by atoms with Gasteiger partial charge >= 0.3 is 0 Å². The van der Waals surface area contributed by atoms with Gasteiger partial charge in [-0.25, -0.2) is 0 Å². The zero-order valence-electron chi connectivity index (χ0n) is 17.8. The fourth-order valence-electron chi connectivity index (χ4n) is 2.92. The number of carbonyl (C=O) groups excluding carboxylic acids is 1. The average molecular weight is 420 g/mol. The number of quaternary nitrogens is 1. The predicted molar refractivity (Wildman–Crippen MR) is 117 cm³/mol. The first-order valence-corrected chi connectivity index (χ1v) is 10.4. The van der Waals surface area contributed by atoms with Crippen LogP contribution in [-0.4, -0.2) is 31.2 Å². The van der Waals surface area contributed by atoms with E-state index in [9.17, 15) is 4.79 Å². The van der Waals surface area contributed by atoms with E-state index in [1.807, 2.05) is 45.9 Å². The van der Waals surface area contributed by atoms with Crippen LogP contribution in [0.4, 0.5) is 0 Å². The van der Waals surface area contributed by atoms with Crippen molar-refractivity contribution in [1.29, 1.82) is 0 Å². The third kappa shape index (κ3) is 8.34. The first-order valence-electron chi connectivity index (χ1n) is 10.0. The Morgan fingerprint density at radius 3 is 2.48 bits per heavy atom. The van der Waals surface area contributed by atoms with Crippen LogP contribution in [0.1, 0.15) is 38.8 Å². The molecule has 29 heavy (non-hydrogen) atoms. The largest absolute Gasteiger partial charge is 0.490 e. The molecule has 158 valence electrons. The van der Waals surface area contributed by atoms with Crippen LogP contribution < -0.4 is 20.1 Å². The molecule has 0 aliphatic rings. The maximum absolute atomic E-state index is 12.0. The van der Waals surface area contributed by atoms with Crippen molar-refractivity contribution in [2.75, 3.05) is 19.8 Å². The second kappa shape index (κ2) is 11.1. The van der Waals surface area contributed by atoms with Gasteiger partial charge < -0.3 is 20.1 Å². The minimum Gasteiger partial charge on any atom is -0.490 e. The summed E-state index contributed by atoms with van der Waals surface area (Å²) in [7, 11) is 0. The minimum atomic E-state index is -0.313. The number of nitrogens with two attached hydrogens (primary N) is 1. The van der Waals surface area contributed by atoms with Gasteiger partial charge in [-0.15, -0.1) is 0 Å². The zero-order chi connectivity index (χ0) is 21.3. The number of ether oxygens (including phenoxy) is 2. The van der Waals surface area contributed by atoms with Gasteiger partial charge in [-0.3, -0.25) is 4.79 Å². The lowest BCUT2D eigenvalue weighted by molar-refractivity contribution is -0.670. The predicted octanol–water partition coefficient (Wildman–Crippen LogP) is 3.34. The third-order valence-corrected chi connectivity index (χ3v) is 4.37. The molecule has 2 aromatic rings. The topological polar surface area (TPSA) is 64.2 Å². The highest BCUT2D eigenvalue weighted by molar-refractivity contribution is 6.32. The summed E-state index contributed by atoms with van der Waals surface area (Å²) in [6.45, 7) is 9.82. The molecule has 0 bridgehead atoms. The van der Waals surface area contributed by atoms with Crippen LogP contribution in [0.25, 0.3) is 0 Å². The molecule has 5 nitrogen and oxygen atoms in total. The molecule has 1 amide bonds. The van der Waals surface area contributed by atoms with E-state index in [-0.39, 0.29) is 18.1 Å². The van der Waals surface area contributed by atoms with Crippen molar-refractivity contribution >= 4 is 17.5 Å². The molecule has 2 rings (SSSR count).